The van der Waals surface area contributed by atoms with E-state index in [1.54, 1.807) is 0 Å². The van der Waals surface area contributed by atoms with Crippen molar-refractivity contribution in [1.82, 2.24) is 15.0 Å². The molecule has 2 aliphatic rings. The summed E-state index contributed by atoms with van der Waals surface area (Å²) < 4.78 is 1.99. The van der Waals surface area contributed by atoms with Gasteiger partial charge < -0.3 is 5.73 Å². The minimum Gasteiger partial charge on any atom is -0.382 e. The molecule has 3 rings (SSSR count). The van der Waals surface area contributed by atoms with Crippen LogP contribution < -0.4 is 5.73 Å². The van der Waals surface area contributed by atoms with Gasteiger partial charge in [-0.2, -0.15) is 0 Å². The Kier molecular flexibility index (Phi) is 2.58. The Morgan fingerprint density at radius 3 is 2.38 bits per heavy atom. The molecule has 4 heteroatoms. The van der Waals surface area contributed by atoms with Crippen LogP contribution in [0.2, 0.25) is 0 Å². The van der Waals surface area contributed by atoms with Crippen molar-refractivity contribution in [3.63, 3.8) is 0 Å². The quantitative estimate of drug-likeness (QED) is 0.833. The first-order valence-corrected chi connectivity index (χ1v) is 6.57. The molecule has 0 aromatic carbocycles. The largest absolute Gasteiger partial charge is 0.382 e. The molecule has 0 amide bonds. The topological polar surface area (TPSA) is 56.7 Å². The Labute approximate surface area is 96.2 Å². The number of hydrogen-bond acceptors (Lipinski definition) is 3. The molecule has 2 fully saturated rings. The van der Waals surface area contributed by atoms with Gasteiger partial charge in [0.25, 0.3) is 0 Å². The highest BCUT2D eigenvalue weighted by Gasteiger charge is 2.28. The van der Waals surface area contributed by atoms with Gasteiger partial charge in [0.2, 0.25) is 0 Å². The third kappa shape index (κ3) is 1.60. The van der Waals surface area contributed by atoms with Gasteiger partial charge in [-0.05, 0) is 25.7 Å². The molecule has 88 valence electrons. The Hall–Kier alpha value is -1.06. The highest BCUT2D eigenvalue weighted by Crippen LogP contribution is 2.39. The van der Waals surface area contributed by atoms with Crippen LogP contribution in [0.25, 0.3) is 0 Å². The maximum atomic E-state index is 6.18. The molecule has 0 saturated heterocycles. The van der Waals surface area contributed by atoms with E-state index in [-0.39, 0.29) is 0 Å². The Balaban J connectivity index is 1.81. The van der Waals surface area contributed by atoms with E-state index in [1.807, 2.05) is 4.68 Å². The zero-order chi connectivity index (χ0) is 11.0. The maximum absolute atomic E-state index is 6.18. The second-order valence-electron chi connectivity index (χ2n) is 5.22. The minimum atomic E-state index is 0.509. The molecule has 4 nitrogen and oxygen atoms in total. The van der Waals surface area contributed by atoms with Crippen molar-refractivity contribution in [1.29, 1.82) is 0 Å². The summed E-state index contributed by atoms with van der Waals surface area (Å²) in [5.41, 5.74) is 7.25. The van der Waals surface area contributed by atoms with E-state index in [1.165, 1.54) is 51.4 Å². The zero-order valence-corrected chi connectivity index (χ0v) is 9.73. The summed E-state index contributed by atoms with van der Waals surface area (Å²) in [6, 6.07) is 0.509. The van der Waals surface area contributed by atoms with Gasteiger partial charge in [-0.15, -0.1) is 5.10 Å². The molecule has 0 spiro atoms. The molecule has 2 N–H and O–H groups in total. The van der Waals surface area contributed by atoms with Gasteiger partial charge in [0, 0.05) is 5.92 Å². The lowest BCUT2D eigenvalue weighted by atomic mass is 9.83. The molecule has 1 aromatic rings. The maximum Gasteiger partial charge on any atom is 0.146 e. The van der Waals surface area contributed by atoms with E-state index < -0.39 is 0 Å². The second-order valence-corrected chi connectivity index (χ2v) is 5.22. The predicted octanol–water partition coefficient (Wildman–Crippen LogP) is 2.63. The fourth-order valence-corrected chi connectivity index (χ4v) is 2.88. The zero-order valence-electron chi connectivity index (χ0n) is 9.73. The number of aromatic nitrogens is 3. The second kappa shape index (κ2) is 4.07. The number of rotatable bonds is 2. The van der Waals surface area contributed by atoms with Crippen LogP contribution in [-0.2, 0) is 0 Å². The van der Waals surface area contributed by atoms with E-state index >= 15 is 0 Å². The minimum absolute atomic E-state index is 0.509. The molecule has 16 heavy (non-hydrogen) atoms. The highest BCUT2D eigenvalue weighted by atomic mass is 15.5. The number of anilines is 1. The van der Waals surface area contributed by atoms with Gasteiger partial charge in [0.05, 0.1) is 6.04 Å². The summed E-state index contributed by atoms with van der Waals surface area (Å²) in [5.74, 6) is 1.44. The number of hydrogen-bond donors (Lipinski definition) is 1. The van der Waals surface area contributed by atoms with Crippen LogP contribution in [-0.4, -0.2) is 15.0 Å². The number of nitrogens with two attached hydrogens (primary N) is 1. The normalized spacial score (nSPS) is 23.2. The Bertz CT molecular complexity index is 361. The molecule has 1 heterocycles. The molecule has 1 aromatic heterocycles. The van der Waals surface area contributed by atoms with Gasteiger partial charge in [-0.1, -0.05) is 30.9 Å². The van der Waals surface area contributed by atoms with E-state index in [0.29, 0.717) is 12.0 Å². The number of nitrogens with zero attached hydrogens (tertiary/aromatic N) is 3. The van der Waals surface area contributed by atoms with Crippen molar-refractivity contribution in [2.24, 2.45) is 0 Å². The summed E-state index contributed by atoms with van der Waals surface area (Å²) in [4.78, 5) is 0. The molecule has 0 bridgehead atoms. The average Bonchev–Trinajstić information content (AvgIpc) is 2.60. The van der Waals surface area contributed by atoms with Crippen molar-refractivity contribution < 1.29 is 0 Å². The van der Waals surface area contributed by atoms with Crippen molar-refractivity contribution in [2.45, 2.75) is 63.3 Å². The number of nitrogen functional groups attached to an aromatic ring is 1. The van der Waals surface area contributed by atoms with Crippen molar-refractivity contribution in [3.05, 3.63) is 5.69 Å². The standard InChI is InChI=1S/C12H20N4/c13-12-11(9-5-4-6-9)14-15-16(12)10-7-2-1-3-8-10/h9-10H,1-8,13H2. The van der Waals surface area contributed by atoms with Gasteiger partial charge in [-0.3, -0.25) is 0 Å². The molecular formula is C12H20N4. The predicted molar refractivity (Wildman–Crippen MR) is 63.1 cm³/mol. The summed E-state index contributed by atoms with van der Waals surface area (Å²) in [6.07, 6.45) is 10.2. The van der Waals surface area contributed by atoms with Gasteiger partial charge in [0.1, 0.15) is 11.5 Å². The molecule has 2 aliphatic carbocycles. The van der Waals surface area contributed by atoms with Gasteiger partial charge in [0.15, 0.2) is 0 Å². The van der Waals surface area contributed by atoms with Crippen LogP contribution in [0.1, 0.15) is 69.0 Å². The first-order chi connectivity index (χ1) is 7.86. The summed E-state index contributed by atoms with van der Waals surface area (Å²) in [7, 11) is 0. The first kappa shape index (κ1) is 10.1. The van der Waals surface area contributed by atoms with Crippen molar-refractivity contribution in [3.8, 4) is 0 Å². The van der Waals surface area contributed by atoms with Crippen LogP contribution in [0.15, 0.2) is 0 Å². The van der Waals surface area contributed by atoms with E-state index in [2.05, 4.69) is 10.3 Å². The van der Waals surface area contributed by atoms with Crippen LogP contribution in [0.4, 0.5) is 5.82 Å². The van der Waals surface area contributed by atoms with Crippen molar-refractivity contribution >= 4 is 5.82 Å². The molecule has 2 saturated carbocycles. The monoisotopic (exact) mass is 220 g/mol. The van der Waals surface area contributed by atoms with Crippen molar-refractivity contribution in [2.75, 3.05) is 5.73 Å². The average molecular weight is 220 g/mol. The van der Waals surface area contributed by atoms with Crippen LogP contribution in [0, 0.1) is 0 Å². The summed E-state index contributed by atoms with van der Waals surface area (Å²) in [5, 5.41) is 8.58. The smallest absolute Gasteiger partial charge is 0.146 e. The van der Waals surface area contributed by atoms with Gasteiger partial charge in [-0.25, -0.2) is 4.68 Å². The third-order valence-corrected chi connectivity index (χ3v) is 4.17. The van der Waals surface area contributed by atoms with E-state index in [4.69, 9.17) is 5.73 Å². The third-order valence-electron chi connectivity index (χ3n) is 4.17. The van der Waals surface area contributed by atoms with E-state index in [0.717, 1.165) is 11.5 Å². The lowest BCUT2D eigenvalue weighted by Crippen LogP contribution is -2.17. The molecule has 0 atom stereocenters. The lowest BCUT2D eigenvalue weighted by Gasteiger charge is -2.25. The van der Waals surface area contributed by atoms with E-state index in [9.17, 15) is 0 Å². The lowest BCUT2D eigenvalue weighted by molar-refractivity contribution is 0.328. The first-order valence-electron chi connectivity index (χ1n) is 6.57. The molecule has 0 aliphatic heterocycles. The fraction of sp³-hybridized carbons (Fsp3) is 0.833. The Morgan fingerprint density at radius 2 is 1.75 bits per heavy atom. The van der Waals surface area contributed by atoms with Gasteiger partial charge >= 0.3 is 0 Å². The molecular weight excluding hydrogens is 200 g/mol. The molecule has 0 unspecified atom stereocenters. The SMILES string of the molecule is Nc1c(C2CCC2)nnn1C1CCCCC1. The molecule has 0 radical (unpaired) electrons. The van der Waals surface area contributed by atoms with Crippen LogP contribution in [0.3, 0.4) is 0 Å². The highest BCUT2D eigenvalue weighted by molar-refractivity contribution is 5.38. The fourth-order valence-electron chi connectivity index (χ4n) is 2.88. The summed E-state index contributed by atoms with van der Waals surface area (Å²) >= 11 is 0. The Morgan fingerprint density at radius 1 is 1.00 bits per heavy atom. The van der Waals surface area contributed by atoms with Crippen LogP contribution >= 0.6 is 0 Å². The van der Waals surface area contributed by atoms with Crippen LogP contribution in [0.5, 0.6) is 0 Å². The summed E-state index contributed by atoms with van der Waals surface area (Å²) in [6.45, 7) is 0.